The van der Waals surface area contributed by atoms with Crippen molar-refractivity contribution in [1.82, 2.24) is 0 Å². The number of hydrogen-bond donors (Lipinski definition) is 1. The molecule has 0 unspecified atom stereocenters. The zero-order valence-corrected chi connectivity index (χ0v) is 19.4. The van der Waals surface area contributed by atoms with Crippen LogP contribution in [0.1, 0.15) is 24.2 Å². The lowest BCUT2D eigenvalue weighted by molar-refractivity contribution is -0.200. The van der Waals surface area contributed by atoms with Gasteiger partial charge in [0.1, 0.15) is 0 Å². The molecule has 0 radical (unpaired) electrons. The summed E-state index contributed by atoms with van der Waals surface area (Å²) in [6.45, 7) is 2.04. The van der Waals surface area contributed by atoms with Gasteiger partial charge in [0, 0.05) is 22.1 Å². The topological polar surface area (TPSA) is 46.5 Å². The van der Waals surface area contributed by atoms with Gasteiger partial charge in [0.25, 0.3) is 0 Å². The maximum absolute atomic E-state index is 15.4. The predicted molar refractivity (Wildman–Crippen MR) is 133 cm³/mol. The van der Waals surface area contributed by atoms with Crippen LogP contribution in [-0.4, -0.2) is 10.8 Å². The summed E-state index contributed by atoms with van der Waals surface area (Å²) in [5.74, 6) is -1.94. The first-order chi connectivity index (χ1) is 16.0. The third kappa shape index (κ3) is 3.67. The van der Waals surface area contributed by atoms with Crippen molar-refractivity contribution < 1.29 is 14.4 Å². The van der Waals surface area contributed by atoms with Crippen molar-refractivity contribution in [1.29, 1.82) is 0 Å². The summed E-state index contributed by atoms with van der Waals surface area (Å²) in [6.07, 6.45) is -0.401. The Morgan fingerprint density at radius 1 is 0.697 bits per heavy atom. The molecule has 33 heavy (non-hydrogen) atoms. The minimum Gasteiger partial charge on any atom is -0.361 e. The third-order valence-corrected chi connectivity index (χ3v) is 10.4. The molecule has 0 saturated carbocycles. The fourth-order valence-electron chi connectivity index (χ4n) is 5.17. The lowest BCUT2D eigenvalue weighted by atomic mass is 9.92. The highest BCUT2D eigenvalue weighted by Crippen LogP contribution is 2.64. The Hall–Kier alpha value is -2.97. The van der Waals surface area contributed by atoms with Crippen LogP contribution in [0.3, 0.4) is 0 Å². The number of aliphatic hydroxyl groups is 1. The van der Waals surface area contributed by atoms with Crippen molar-refractivity contribution in [2.45, 2.75) is 24.5 Å². The van der Waals surface area contributed by atoms with E-state index in [1.807, 2.05) is 128 Å². The van der Waals surface area contributed by atoms with Crippen LogP contribution in [0.2, 0.25) is 0 Å². The van der Waals surface area contributed by atoms with Gasteiger partial charge in [0.15, 0.2) is 7.14 Å². The highest BCUT2D eigenvalue weighted by molar-refractivity contribution is 7.79. The molecule has 1 N–H and O–H groups in total. The molecule has 1 fully saturated rings. The van der Waals surface area contributed by atoms with Crippen molar-refractivity contribution in [2.75, 3.05) is 0 Å². The van der Waals surface area contributed by atoms with Crippen molar-refractivity contribution >= 4 is 17.8 Å². The zero-order chi connectivity index (χ0) is 22.9. The Morgan fingerprint density at radius 2 is 1.12 bits per heavy atom. The van der Waals surface area contributed by atoms with E-state index in [2.05, 4.69) is 0 Å². The normalized spacial score (nSPS) is 25.1. The number of ether oxygens (including phenoxy) is 1. The smallest absolute Gasteiger partial charge is 0.203 e. The van der Waals surface area contributed by atoms with Gasteiger partial charge in [-0.1, -0.05) is 128 Å². The standard InChI is InChI=1S/C29H27O3P/c1-22-27(23-14-6-2-7-15-23)32-29(30,24-16-8-3-9-17-24)28(22)33(31,25-18-10-4-11-19-25)26-20-12-5-13-21-26/h2-22,27-28,30H,1H3/t22-,27-,28+,29-/m0/s1. The monoisotopic (exact) mass is 454 g/mol. The highest BCUT2D eigenvalue weighted by atomic mass is 31.2. The van der Waals surface area contributed by atoms with E-state index in [4.69, 9.17) is 4.74 Å². The Kier molecular flexibility index (Phi) is 5.80. The summed E-state index contributed by atoms with van der Waals surface area (Å²) in [7, 11) is -3.35. The first-order valence-electron chi connectivity index (χ1n) is 11.3. The molecule has 1 saturated heterocycles. The average molecular weight is 455 g/mol. The molecule has 1 heterocycles. The molecule has 3 nitrogen and oxygen atoms in total. The molecule has 4 atom stereocenters. The molecule has 0 aromatic heterocycles. The van der Waals surface area contributed by atoms with Gasteiger partial charge in [-0.3, -0.25) is 0 Å². The lowest BCUT2D eigenvalue weighted by Crippen LogP contribution is -2.43. The van der Waals surface area contributed by atoms with Crippen molar-refractivity contribution in [3.63, 3.8) is 0 Å². The molecule has 4 aromatic carbocycles. The Balaban J connectivity index is 1.76. The molecular formula is C29H27O3P. The Bertz CT molecular complexity index is 1200. The Morgan fingerprint density at radius 3 is 1.61 bits per heavy atom. The van der Waals surface area contributed by atoms with E-state index in [-0.39, 0.29) is 5.92 Å². The Labute approximate surface area is 195 Å². The van der Waals surface area contributed by atoms with Crippen LogP contribution in [0, 0.1) is 5.92 Å². The van der Waals surface area contributed by atoms with Gasteiger partial charge in [0.05, 0.1) is 11.8 Å². The predicted octanol–water partition coefficient (Wildman–Crippen LogP) is 5.62. The van der Waals surface area contributed by atoms with Crippen LogP contribution in [0.15, 0.2) is 121 Å². The van der Waals surface area contributed by atoms with E-state index in [1.165, 1.54) is 0 Å². The zero-order valence-electron chi connectivity index (χ0n) is 18.5. The van der Waals surface area contributed by atoms with Crippen LogP contribution in [0.25, 0.3) is 0 Å². The van der Waals surface area contributed by atoms with Crippen LogP contribution >= 0.6 is 7.14 Å². The molecule has 5 rings (SSSR count). The fraction of sp³-hybridized carbons (Fsp3) is 0.172. The first kappa shape index (κ1) is 21.9. The van der Waals surface area contributed by atoms with E-state index < -0.39 is 24.7 Å². The highest BCUT2D eigenvalue weighted by Gasteiger charge is 2.61. The third-order valence-electron chi connectivity index (χ3n) is 6.67. The van der Waals surface area contributed by atoms with Gasteiger partial charge >= 0.3 is 0 Å². The molecule has 0 spiro atoms. The van der Waals surface area contributed by atoms with Gasteiger partial charge in [-0.15, -0.1) is 0 Å². The van der Waals surface area contributed by atoms with Gasteiger partial charge in [-0.25, -0.2) is 0 Å². The maximum Gasteiger partial charge on any atom is 0.203 e. The molecular weight excluding hydrogens is 427 g/mol. The first-order valence-corrected chi connectivity index (χ1v) is 13.0. The van der Waals surface area contributed by atoms with Gasteiger partial charge in [-0.2, -0.15) is 0 Å². The van der Waals surface area contributed by atoms with Gasteiger partial charge in [0.2, 0.25) is 5.79 Å². The van der Waals surface area contributed by atoms with Crippen LogP contribution in [0.4, 0.5) is 0 Å². The minimum atomic E-state index is -3.35. The molecule has 0 bridgehead atoms. The maximum atomic E-state index is 15.4. The molecule has 166 valence electrons. The van der Waals surface area contributed by atoms with Gasteiger partial charge in [-0.05, 0) is 5.56 Å². The van der Waals surface area contributed by atoms with E-state index in [0.717, 1.165) is 16.2 Å². The molecule has 1 aliphatic heterocycles. The fourth-order valence-corrected chi connectivity index (χ4v) is 8.86. The van der Waals surface area contributed by atoms with E-state index in [9.17, 15) is 5.11 Å². The quantitative estimate of drug-likeness (QED) is 0.398. The molecule has 4 aromatic rings. The summed E-state index contributed by atoms with van der Waals surface area (Å²) >= 11 is 0. The van der Waals surface area contributed by atoms with E-state index in [0.29, 0.717) is 5.56 Å². The summed E-state index contributed by atoms with van der Waals surface area (Å²) in [5, 5.41) is 13.7. The number of benzene rings is 4. The second kappa shape index (κ2) is 8.76. The van der Waals surface area contributed by atoms with E-state index >= 15 is 4.57 Å². The minimum absolute atomic E-state index is 0.219. The molecule has 0 amide bonds. The summed E-state index contributed by atoms with van der Waals surface area (Å²) in [5.41, 5.74) is 0.907. The van der Waals surface area contributed by atoms with Crippen LogP contribution < -0.4 is 10.6 Å². The van der Waals surface area contributed by atoms with Gasteiger partial charge < -0.3 is 14.4 Å². The summed E-state index contributed by atoms with van der Waals surface area (Å²) < 4.78 is 21.9. The lowest BCUT2D eigenvalue weighted by Gasteiger charge is -2.36. The van der Waals surface area contributed by atoms with Crippen molar-refractivity contribution in [3.05, 3.63) is 132 Å². The summed E-state index contributed by atoms with van der Waals surface area (Å²) in [6, 6.07) is 38.4. The van der Waals surface area contributed by atoms with Crippen LogP contribution in [-0.2, 0) is 15.1 Å². The summed E-state index contributed by atoms with van der Waals surface area (Å²) in [4.78, 5) is 0. The second-order valence-corrected chi connectivity index (χ2v) is 11.5. The van der Waals surface area contributed by atoms with Crippen LogP contribution in [0.5, 0.6) is 0 Å². The largest absolute Gasteiger partial charge is 0.361 e. The van der Waals surface area contributed by atoms with E-state index in [1.54, 1.807) is 0 Å². The molecule has 1 aliphatic rings. The van der Waals surface area contributed by atoms with Crippen molar-refractivity contribution in [3.8, 4) is 0 Å². The number of rotatable bonds is 5. The molecule has 4 heteroatoms. The van der Waals surface area contributed by atoms with Crippen molar-refractivity contribution in [2.24, 2.45) is 5.92 Å². The molecule has 0 aliphatic carbocycles. The SMILES string of the molecule is C[C@H]1[C@@H](c2ccccc2)O[C@@](O)(c2ccccc2)[C@@H]1P(=O)(c1ccccc1)c1ccccc1. The number of hydrogen-bond acceptors (Lipinski definition) is 3. The second-order valence-electron chi connectivity index (χ2n) is 8.64. The average Bonchev–Trinajstić information content (AvgIpc) is 3.17.